The minimum absolute atomic E-state index is 0.347. The van der Waals surface area contributed by atoms with Crippen molar-refractivity contribution >= 4 is 5.97 Å². The lowest BCUT2D eigenvalue weighted by Crippen LogP contribution is -2.24. The predicted molar refractivity (Wildman–Crippen MR) is 68.4 cm³/mol. The zero-order chi connectivity index (χ0) is 12.7. The monoisotopic (exact) mass is 235 g/mol. The van der Waals surface area contributed by atoms with Crippen molar-refractivity contribution in [3.63, 3.8) is 0 Å². The molecule has 0 spiro atoms. The Labute approximate surface area is 103 Å². The molecule has 0 amide bonds. The minimum Gasteiger partial charge on any atom is -0.464 e. The number of rotatable bonds is 6. The van der Waals surface area contributed by atoms with Crippen LogP contribution in [0.5, 0.6) is 0 Å². The number of carbonyl (C=O) groups excluding carboxylic acids is 1. The van der Waals surface area contributed by atoms with Gasteiger partial charge in [-0.15, -0.1) is 0 Å². The summed E-state index contributed by atoms with van der Waals surface area (Å²) in [6.45, 7) is 4.76. The van der Waals surface area contributed by atoms with Gasteiger partial charge in [-0.1, -0.05) is 44.2 Å². The van der Waals surface area contributed by atoms with Gasteiger partial charge >= 0.3 is 5.97 Å². The van der Waals surface area contributed by atoms with Gasteiger partial charge in [0, 0.05) is 0 Å². The van der Waals surface area contributed by atoms with Crippen molar-refractivity contribution in [2.75, 3.05) is 6.61 Å². The Morgan fingerprint density at radius 1 is 1.29 bits per heavy atom. The molecule has 0 heterocycles. The van der Waals surface area contributed by atoms with Crippen molar-refractivity contribution in [1.29, 1.82) is 0 Å². The quantitative estimate of drug-likeness (QED) is 0.609. The van der Waals surface area contributed by atoms with Gasteiger partial charge in [0.1, 0.15) is 6.04 Å². The second-order valence-electron chi connectivity index (χ2n) is 4.59. The van der Waals surface area contributed by atoms with Crippen molar-refractivity contribution in [3.8, 4) is 0 Å². The summed E-state index contributed by atoms with van der Waals surface area (Å²) in [6, 6.07) is 8.61. The molecule has 0 fully saturated rings. The molecule has 1 atom stereocenters. The van der Waals surface area contributed by atoms with E-state index in [1.54, 1.807) is 0 Å². The van der Waals surface area contributed by atoms with E-state index in [1.165, 1.54) is 0 Å². The van der Waals surface area contributed by atoms with E-state index >= 15 is 0 Å². The summed E-state index contributed by atoms with van der Waals surface area (Å²) in [7, 11) is 0. The molecule has 0 aliphatic carbocycles. The van der Waals surface area contributed by atoms with E-state index in [9.17, 15) is 4.79 Å². The number of hydrogen-bond acceptors (Lipinski definition) is 3. The van der Waals surface area contributed by atoms with Gasteiger partial charge in [0.2, 0.25) is 0 Å². The van der Waals surface area contributed by atoms with E-state index in [2.05, 4.69) is 13.8 Å². The van der Waals surface area contributed by atoms with E-state index in [0.29, 0.717) is 12.5 Å². The number of ether oxygens (including phenoxy) is 1. The molecule has 1 aromatic carbocycles. The first kappa shape index (κ1) is 13.7. The van der Waals surface area contributed by atoms with Crippen molar-refractivity contribution in [1.82, 2.24) is 0 Å². The molecule has 0 saturated heterocycles. The molecule has 94 valence electrons. The van der Waals surface area contributed by atoms with Crippen LogP contribution in [0.2, 0.25) is 0 Å². The van der Waals surface area contributed by atoms with Crippen LogP contribution in [0.15, 0.2) is 30.3 Å². The number of carbonyl (C=O) groups is 1. The average Bonchev–Trinajstić information content (AvgIpc) is 2.34. The smallest absolute Gasteiger partial charge is 0.327 e. The molecule has 0 unspecified atom stereocenters. The molecule has 0 saturated carbocycles. The fraction of sp³-hybridized carbons (Fsp3) is 0.500. The highest BCUT2D eigenvalue weighted by molar-refractivity contribution is 5.77. The molecule has 3 heteroatoms. The highest BCUT2D eigenvalue weighted by Gasteiger charge is 2.16. The Bertz CT molecular complexity index is 335. The van der Waals surface area contributed by atoms with Crippen LogP contribution in [0.3, 0.4) is 0 Å². The van der Waals surface area contributed by atoms with Gasteiger partial charge in [-0.3, -0.25) is 0 Å². The predicted octanol–water partition coefficient (Wildman–Crippen LogP) is 2.67. The highest BCUT2D eigenvalue weighted by Crippen LogP contribution is 2.11. The number of nitrogens with two attached hydrogens (primary N) is 1. The van der Waals surface area contributed by atoms with Crippen LogP contribution in [0.4, 0.5) is 0 Å². The van der Waals surface area contributed by atoms with Crippen molar-refractivity contribution in [2.24, 2.45) is 11.7 Å². The van der Waals surface area contributed by atoms with E-state index in [-0.39, 0.29) is 5.97 Å². The normalized spacial score (nSPS) is 12.5. The van der Waals surface area contributed by atoms with Gasteiger partial charge in [0.25, 0.3) is 0 Å². The summed E-state index contributed by atoms with van der Waals surface area (Å²) in [4.78, 5) is 11.6. The van der Waals surface area contributed by atoms with Crippen LogP contribution in [-0.4, -0.2) is 12.6 Å². The van der Waals surface area contributed by atoms with E-state index in [1.807, 2.05) is 30.3 Å². The van der Waals surface area contributed by atoms with Gasteiger partial charge in [0.05, 0.1) is 6.61 Å². The molecule has 0 radical (unpaired) electrons. The van der Waals surface area contributed by atoms with Crippen LogP contribution in [0.1, 0.15) is 38.3 Å². The van der Waals surface area contributed by atoms with Crippen molar-refractivity contribution in [2.45, 2.75) is 32.7 Å². The van der Waals surface area contributed by atoms with Crippen LogP contribution < -0.4 is 5.73 Å². The minimum atomic E-state index is -0.671. The number of esters is 1. The molecule has 1 rings (SSSR count). The summed E-state index contributed by atoms with van der Waals surface area (Å²) in [5, 5.41) is 0. The molecular weight excluding hydrogens is 214 g/mol. The summed E-state index contributed by atoms with van der Waals surface area (Å²) in [5.41, 5.74) is 6.60. The fourth-order valence-electron chi connectivity index (χ4n) is 1.55. The van der Waals surface area contributed by atoms with Crippen molar-refractivity contribution in [3.05, 3.63) is 35.9 Å². The largest absolute Gasteiger partial charge is 0.464 e. The summed E-state index contributed by atoms with van der Waals surface area (Å²) in [5.74, 6) is 0.288. The topological polar surface area (TPSA) is 52.3 Å². The third-order valence-electron chi connectivity index (χ3n) is 2.58. The molecule has 0 aromatic heterocycles. The van der Waals surface area contributed by atoms with Crippen LogP contribution in [0, 0.1) is 5.92 Å². The molecule has 2 N–H and O–H groups in total. The molecular formula is C14H21NO2. The van der Waals surface area contributed by atoms with Crippen LogP contribution in [0.25, 0.3) is 0 Å². The summed E-state index contributed by atoms with van der Waals surface area (Å²) in [6.07, 6.45) is 1.96. The molecule has 17 heavy (non-hydrogen) atoms. The van der Waals surface area contributed by atoms with Gasteiger partial charge in [-0.05, 0) is 24.3 Å². The zero-order valence-electron chi connectivity index (χ0n) is 10.6. The Hall–Kier alpha value is -1.35. The van der Waals surface area contributed by atoms with Gasteiger partial charge < -0.3 is 10.5 Å². The summed E-state index contributed by atoms with van der Waals surface area (Å²) < 4.78 is 5.14. The Morgan fingerprint density at radius 2 is 1.94 bits per heavy atom. The first-order valence-corrected chi connectivity index (χ1v) is 6.08. The van der Waals surface area contributed by atoms with E-state index < -0.39 is 6.04 Å². The second kappa shape index (κ2) is 7.07. The standard InChI is InChI=1S/C14H21NO2/c1-11(2)7-6-10-17-14(16)13(15)12-8-4-3-5-9-12/h3-5,8-9,11,13H,6-7,10,15H2,1-2H3/t13-/m1/s1. The van der Waals surface area contributed by atoms with Crippen LogP contribution in [-0.2, 0) is 9.53 Å². The maximum atomic E-state index is 11.6. The zero-order valence-corrected chi connectivity index (χ0v) is 10.6. The third-order valence-corrected chi connectivity index (χ3v) is 2.58. The highest BCUT2D eigenvalue weighted by atomic mass is 16.5. The SMILES string of the molecule is CC(C)CCCOC(=O)[C@H](N)c1ccccc1. The van der Waals surface area contributed by atoms with Gasteiger partial charge in [-0.2, -0.15) is 0 Å². The summed E-state index contributed by atoms with van der Waals surface area (Å²) >= 11 is 0. The lowest BCUT2D eigenvalue weighted by Gasteiger charge is -2.12. The maximum absolute atomic E-state index is 11.6. The average molecular weight is 235 g/mol. The van der Waals surface area contributed by atoms with Gasteiger partial charge in [-0.25, -0.2) is 4.79 Å². The third kappa shape index (κ3) is 5.00. The number of benzene rings is 1. The lowest BCUT2D eigenvalue weighted by molar-refractivity contribution is -0.145. The van der Waals surface area contributed by atoms with Gasteiger partial charge in [0.15, 0.2) is 0 Å². The lowest BCUT2D eigenvalue weighted by atomic mass is 10.1. The number of hydrogen-bond donors (Lipinski definition) is 1. The van der Waals surface area contributed by atoms with Crippen molar-refractivity contribution < 1.29 is 9.53 Å². The fourth-order valence-corrected chi connectivity index (χ4v) is 1.55. The molecule has 0 aliphatic rings. The second-order valence-corrected chi connectivity index (χ2v) is 4.59. The Kier molecular flexibility index (Phi) is 5.70. The Morgan fingerprint density at radius 3 is 2.53 bits per heavy atom. The molecule has 0 bridgehead atoms. The first-order chi connectivity index (χ1) is 8.11. The van der Waals surface area contributed by atoms with Crippen LogP contribution >= 0.6 is 0 Å². The van der Waals surface area contributed by atoms with E-state index in [4.69, 9.17) is 10.5 Å². The maximum Gasteiger partial charge on any atom is 0.327 e. The first-order valence-electron chi connectivity index (χ1n) is 6.08. The van der Waals surface area contributed by atoms with E-state index in [0.717, 1.165) is 18.4 Å². The molecule has 1 aromatic rings. The molecule has 0 aliphatic heterocycles. The molecule has 3 nitrogen and oxygen atoms in total. The Balaban J connectivity index is 2.33.